The second-order valence-corrected chi connectivity index (χ2v) is 6.80. The van der Waals surface area contributed by atoms with E-state index in [9.17, 15) is 14.7 Å². The Morgan fingerprint density at radius 1 is 1.24 bits per heavy atom. The van der Waals surface area contributed by atoms with Gasteiger partial charge in [0.25, 0.3) is 0 Å². The number of carboxylic acids is 1. The standard InChI is InChI=1S/C19H26N2O4/c22-18(23)13-17-19(24)21(14-16-7-4-12-25-16)11-10-20(17)9-8-15-5-2-1-3-6-15/h1-3,5-6,16-17H,4,7-14H2,(H,22,23). The normalized spacial score (nSPS) is 24.6. The van der Waals surface area contributed by atoms with Crippen molar-refractivity contribution in [3.8, 4) is 0 Å². The molecule has 1 aromatic carbocycles. The summed E-state index contributed by atoms with van der Waals surface area (Å²) in [6.45, 7) is 3.39. The number of benzene rings is 1. The van der Waals surface area contributed by atoms with Gasteiger partial charge in [-0.2, -0.15) is 0 Å². The Hall–Kier alpha value is -1.92. The molecule has 1 N–H and O–H groups in total. The van der Waals surface area contributed by atoms with Crippen LogP contribution in [-0.2, 0) is 20.7 Å². The molecule has 2 atom stereocenters. The molecule has 2 aliphatic rings. The minimum Gasteiger partial charge on any atom is -0.481 e. The van der Waals surface area contributed by atoms with E-state index in [0.717, 1.165) is 25.9 Å². The fraction of sp³-hybridized carbons (Fsp3) is 0.579. The van der Waals surface area contributed by atoms with Gasteiger partial charge in [0.2, 0.25) is 5.91 Å². The van der Waals surface area contributed by atoms with Gasteiger partial charge in [-0.25, -0.2) is 0 Å². The average molecular weight is 346 g/mol. The molecule has 2 heterocycles. The van der Waals surface area contributed by atoms with Gasteiger partial charge in [-0.05, 0) is 24.8 Å². The predicted molar refractivity (Wildman–Crippen MR) is 93.3 cm³/mol. The molecule has 6 nitrogen and oxygen atoms in total. The first kappa shape index (κ1) is 17.9. The van der Waals surface area contributed by atoms with Crippen molar-refractivity contribution >= 4 is 11.9 Å². The molecule has 1 aromatic rings. The molecule has 0 radical (unpaired) electrons. The van der Waals surface area contributed by atoms with Crippen LogP contribution in [0, 0.1) is 0 Å². The van der Waals surface area contributed by atoms with Gasteiger partial charge >= 0.3 is 5.97 Å². The van der Waals surface area contributed by atoms with Crippen LogP contribution in [0.2, 0.25) is 0 Å². The second kappa shape index (κ2) is 8.45. The number of carboxylic acid groups (broad SMARTS) is 1. The quantitative estimate of drug-likeness (QED) is 0.808. The van der Waals surface area contributed by atoms with E-state index in [-0.39, 0.29) is 18.4 Å². The van der Waals surface area contributed by atoms with E-state index in [2.05, 4.69) is 12.1 Å². The Balaban J connectivity index is 1.62. The Morgan fingerprint density at radius 3 is 2.72 bits per heavy atom. The molecule has 3 rings (SSSR count). The van der Waals surface area contributed by atoms with E-state index in [1.807, 2.05) is 23.1 Å². The molecule has 0 spiro atoms. The first-order valence-electron chi connectivity index (χ1n) is 9.03. The van der Waals surface area contributed by atoms with Crippen molar-refractivity contribution in [1.29, 1.82) is 0 Å². The Bertz CT molecular complexity index is 586. The highest BCUT2D eigenvalue weighted by Crippen LogP contribution is 2.19. The van der Waals surface area contributed by atoms with Gasteiger partial charge in [-0.15, -0.1) is 0 Å². The SMILES string of the molecule is O=C(O)CC1C(=O)N(CC2CCCO2)CCN1CCc1ccccc1. The minimum atomic E-state index is -0.929. The monoisotopic (exact) mass is 346 g/mol. The van der Waals surface area contributed by atoms with Gasteiger partial charge in [-0.1, -0.05) is 30.3 Å². The Kier molecular flexibility index (Phi) is 6.04. The van der Waals surface area contributed by atoms with Crippen molar-refractivity contribution in [2.24, 2.45) is 0 Å². The van der Waals surface area contributed by atoms with Gasteiger partial charge in [0.05, 0.1) is 18.6 Å². The number of amides is 1. The number of nitrogens with zero attached hydrogens (tertiary/aromatic N) is 2. The summed E-state index contributed by atoms with van der Waals surface area (Å²) in [5, 5.41) is 9.23. The highest BCUT2D eigenvalue weighted by Gasteiger charge is 2.37. The number of carbonyl (C=O) groups excluding carboxylic acids is 1. The summed E-state index contributed by atoms with van der Waals surface area (Å²) in [5.74, 6) is -1.00. The van der Waals surface area contributed by atoms with Gasteiger partial charge in [-0.3, -0.25) is 14.5 Å². The van der Waals surface area contributed by atoms with E-state index in [1.54, 1.807) is 4.90 Å². The maximum absolute atomic E-state index is 12.8. The zero-order valence-corrected chi connectivity index (χ0v) is 14.5. The molecular weight excluding hydrogens is 320 g/mol. The number of carbonyl (C=O) groups is 2. The van der Waals surface area contributed by atoms with E-state index in [1.165, 1.54) is 5.56 Å². The first-order valence-corrected chi connectivity index (χ1v) is 9.03. The maximum Gasteiger partial charge on any atom is 0.305 e. The molecule has 25 heavy (non-hydrogen) atoms. The van der Waals surface area contributed by atoms with E-state index in [0.29, 0.717) is 26.2 Å². The average Bonchev–Trinajstić information content (AvgIpc) is 3.11. The highest BCUT2D eigenvalue weighted by atomic mass is 16.5. The molecule has 1 amide bonds. The van der Waals surface area contributed by atoms with Crippen LogP contribution < -0.4 is 0 Å². The van der Waals surface area contributed by atoms with Crippen LogP contribution >= 0.6 is 0 Å². The van der Waals surface area contributed by atoms with Gasteiger partial charge in [0.15, 0.2) is 0 Å². The summed E-state index contributed by atoms with van der Waals surface area (Å²) in [6.07, 6.45) is 2.79. The summed E-state index contributed by atoms with van der Waals surface area (Å²) in [5.41, 5.74) is 1.20. The number of rotatable bonds is 7. The largest absolute Gasteiger partial charge is 0.481 e. The summed E-state index contributed by atoms with van der Waals surface area (Å²) in [4.78, 5) is 27.9. The summed E-state index contributed by atoms with van der Waals surface area (Å²) in [6, 6.07) is 9.51. The molecule has 0 aliphatic carbocycles. The van der Waals surface area contributed by atoms with Crippen LogP contribution in [-0.4, -0.2) is 71.7 Å². The van der Waals surface area contributed by atoms with E-state index >= 15 is 0 Å². The number of aliphatic carboxylic acids is 1. The predicted octanol–water partition coefficient (Wildman–Crippen LogP) is 1.40. The van der Waals surface area contributed by atoms with Gasteiger partial charge < -0.3 is 14.7 Å². The zero-order valence-electron chi connectivity index (χ0n) is 14.5. The van der Waals surface area contributed by atoms with Crippen LogP contribution in [0.5, 0.6) is 0 Å². The summed E-state index contributed by atoms with van der Waals surface area (Å²) >= 11 is 0. The van der Waals surface area contributed by atoms with Crippen molar-refractivity contribution in [3.05, 3.63) is 35.9 Å². The van der Waals surface area contributed by atoms with Crippen molar-refractivity contribution < 1.29 is 19.4 Å². The smallest absolute Gasteiger partial charge is 0.305 e. The Labute approximate surface area is 148 Å². The fourth-order valence-electron chi connectivity index (χ4n) is 3.66. The molecule has 0 bridgehead atoms. The molecule has 136 valence electrons. The zero-order chi connectivity index (χ0) is 17.6. The third kappa shape index (κ3) is 4.80. The van der Waals surface area contributed by atoms with Crippen LogP contribution in [0.3, 0.4) is 0 Å². The number of hydrogen-bond acceptors (Lipinski definition) is 4. The maximum atomic E-state index is 12.8. The van der Waals surface area contributed by atoms with Crippen molar-refractivity contribution in [1.82, 2.24) is 9.80 Å². The first-order chi connectivity index (χ1) is 12.1. The van der Waals surface area contributed by atoms with Crippen molar-refractivity contribution in [2.75, 3.05) is 32.8 Å². The third-order valence-corrected chi connectivity index (χ3v) is 5.04. The third-order valence-electron chi connectivity index (χ3n) is 5.04. The molecule has 0 saturated carbocycles. The minimum absolute atomic E-state index is 0.0720. The van der Waals surface area contributed by atoms with Crippen LogP contribution in [0.1, 0.15) is 24.8 Å². The van der Waals surface area contributed by atoms with Crippen LogP contribution in [0.25, 0.3) is 0 Å². The second-order valence-electron chi connectivity index (χ2n) is 6.80. The van der Waals surface area contributed by atoms with E-state index in [4.69, 9.17) is 4.74 Å². The Morgan fingerprint density at radius 2 is 2.04 bits per heavy atom. The molecule has 2 unspecified atom stereocenters. The lowest BCUT2D eigenvalue weighted by molar-refractivity contribution is -0.150. The lowest BCUT2D eigenvalue weighted by Gasteiger charge is -2.41. The number of ether oxygens (including phenoxy) is 1. The van der Waals surface area contributed by atoms with Gasteiger partial charge in [0.1, 0.15) is 0 Å². The summed E-state index contributed by atoms with van der Waals surface area (Å²) in [7, 11) is 0. The molecule has 2 aliphatic heterocycles. The lowest BCUT2D eigenvalue weighted by atomic mass is 10.0. The molecule has 0 aromatic heterocycles. The highest BCUT2D eigenvalue weighted by molar-refractivity contribution is 5.86. The molecule has 2 fully saturated rings. The fourth-order valence-corrected chi connectivity index (χ4v) is 3.66. The van der Waals surface area contributed by atoms with E-state index < -0.39 is 12.0 Å². The molecule has 6 heteroatoms. The molecular formula is C19H26N2O4. The lowest BCUT2D eigenvalue weighted by Crippen LogP contribution is -2.59. The topological polar surface area (TPSA) is 70.1 Å². The number of hydrogen-bond donors (Lipinski definition) is 1. The van der Waals surface area contributed by atoms with Crippen LogP contribution in [0.15, 0.2) is 30.3 Å². The number of piperazine rings is 1. The van der Waals surface area contributed by atoms with Crippen LogP contribution in [0.4, 0.5) is 0 Å². The van der Waals surface area contributed by atoms with Crippen molar-refractivity contribution in [2.45, 2.75) is 37.8 Å². The summed E-state index contributed by atoms with van der Waals surface area (Å²) < 4.78 is 5.63. The van der Waals surface area contributed by atoms with Crippen molar-refractivity contribution in [3.63, 3.8) is 0 Å². The van der Waals surface area contributed by atoms with Gasteiger partial charge in [0, 0.05) is 32.8 Å². The molecule has 2 saturated heterocycles.